The molecular weight excluding hydrogens is 368 g/mol. The molecule has 0 aliphatic carbocycles. The van der Waals surface area contributed by atoms with Crippen molar-refractivity contribution in [2.75, 3.05) is 18.6 Å². The summed E-state index contributed by atoms with van der Waals surface area (Å²) in [6.07, 6.45) is 0.656. The average Bonchev–Trinajstić information content (AvgIpc) is 3.18. The maximum absolute atomic E-state index is 7.25. The third-order valence-electron chi connectivity index (χ3n) is 4.67. The number of aryl methyl sites for hydroxylation is 1. The van der Waals surface area contributed by atoms with Crippen molar-refractivity contribution in [1.82, 2.24) is 19.6 Å². The first-order valence-corrected chi connectivity index (χ1v) is 9.03. The van der Waals surface area contributed by atoms with Crippen LogP contribution in [-0.4, -0.2) is 26.7 Å². The van der Waals surface area contributed by atoms with Crippen LogP contribution in [0.4, 0.5) is 17.3 Å². The minimum atomic E-state index is 0.225. The van der Waals surface area contributed by atoms with Gasteiger partial charge in [0, 0.05) is 12.0 Å². The van der Waals surface area contributed by atoms with Gasteiger partial charge in [-0.3, -0.25) is 0 Å². The van der Waals surface area contributed by atoms with E-state index in [0.717, 1.165) is 16.7 Å². The molecule has 9 heteroatoms. The summed E-state index contributed by atoms with van der Waals surface area (Å²) in [5.41, 5.74) is 23.8. The number of para-hydroxylation sites is 1. The summed E-state index contributed by atoms with van der Waals surface area (Å²) >= 11 is 0. The van der Waals surface area contributed by atoms with Crippen LogP contribution < -0.4 is 16.2 Å². The molecule has 5 N–H and O–H groups in total. The lowest BCUT2D eigenvalue weighted by Gasteiger charge is -2.15. The second-order valence-corrected chi connectivity index (χ2v) is 6.40. The molecular formula is C20H20N8O. The van der Waals surface area contributed by atoms with E-state index < -0.39 is 0 Å². The van der Waals surface area contributed by atoms with E-state index in [-0.39, 0.29) is 5.95 Å². The molecule has 0 amide bonds. The van der Waals surface area contributed by atoms with Gasteiger partial charge in [0.1, 0.15) is 11.4 Å². The molecule has 2 aromatic heterocycles. The number of nitrogens with zero attached hydrogens (tertiary/aromatic N) is 5. The lowest BCUT2D eigenvalue weighted by Crippen LogP contribution is -2.06. The molecule has 4 rings (SSSR count). The first-order chi connectivity index (χ1) is 14.1. The summed E-state index contributed by atoms with van der Waals surface area (Å²) in [5, 5.41) is 7.90. The second kappa shape index (κ2) is 7.19. The number of ether oxygens (including phenoxy) is 1. The molecule has 0 saturated carbocycles. The Labute approximate surface area is 166 Å². The van der Waals surface area contributed by atoms with Gasteiger partial charge in [-0.1, -0.05) is 25.1 Å². The van der Waals surface area contributed by atoms with E-state index in [9.17, 15) is 0 Å². The van der Waals surface area contributed by atoms with Crippen LogP contribution >= 0.6 is 0 Å². The standard InChI is InChI=1S/C20H20N8O/c1-3-16-24-19-17(11-8-9-14(26-23)13(21)10-11)18(25-20(22)28(19)27-16)12-6-4-5-7-15(12)29-2/h4-10,23H,3,21H2,1-2H3,(H2,22,25). The van der Waals surface area contributed by atoms with Crippen molar-refractivity contribution >= 4 is 23.0 Å². The third-order valence-corrected chi connectivity index (χ3v) is 4.67. The van der Waals surface area contributed by atoms with Gasteiger partial charge in [-0.05, 0) is 29.8 Å². The van der Waals surface area contributed by atoms with Gasteiger partial charge in [0.25, 0.3) is 0 Å². The fraction of sp³-hybridized carbons (Fsp3) is 0.150. The Morgan fingerprint density at radius 2 is 1.93 bits per heavy atom. The molecule has 0 radical (unpaired) electrons. The summed E-state index contributed by atoms with van der Waals surface area (Å²) in [5.74, 6) is 1.54. The van der Waals surface area contributed by atoms with Crippen molar-refractivity contribution in [3.05, 3.63) is 48.3 Å². The summed E-state index contributed by atoms with van der Waals surface area (Å²) < 4.78 is 7.07. The molecule has 2 heterocycles. The number of nitrogens with one attached hydrogen (secondary N) is 1. The Bertz CT molecular complexity index is 1230. The molecule has 0 unspecified atom stereocenters. The van der Waals surface area contributed by atoms with Crippen LogP contribution in [0.1, 0.15) is 12.7 Å². The largest absolute Gasteiger partial charge is 0.496 e. The molecule has 0 aliphatic heterocycles. The first-order valence-electron chi connectivity index (χ1n) is 9.03. The van der Waals surface area contributed by atoms with E-state index in [1.165, 1.54) is 4.52 Å². The molecule has 0 saturated heterocycles. The molecule has 0 aliphatic rings. The Kier molecular flexibility index (Phi) is 4.55. The van der Waals surface area contributed by atoms with Crippen LogP contribution in [0.25, 0.3) is 28.0 Å². The van der Waals surface area contributed by atoms with Crippen LogP contribution in [0.15, 0.2) is 47.6 Å². The van der Waals surface area contributed by atoms with E-state index in [1.807, 2.05) is 37.3 Å². The highest BCUT2D eigenvalue weighted by atomic mass is 16.5. The lowest BCUT2D eigenvalue weighted by atomic mass is 9.98. The Balaban J connectivity index is 2.12. The summed E-state index contributed by atoms with van der Waals surface area (Å²) in [6.45, 7) is 1.97. The SMILES string of the molecule is CCc1nc2c(-c3ccc(N=N)c(N)c3)c(-c3ccccc3OC)nc(N)n2n1. The van der Waals surface area contributed by atoms with E-state index >= 15 is 0 Å². The molecule has 9 nitrogen and oxygen atoms in total. The molecule has 0 bridgehead atoms. The number of benzene rings is 2. The fourth-order valence-electron chi connectivity index (χ4n) is 3.26. The molecule has 29 heavy (non-hydrogen) atoms. The number of anilines is 2. The Morgan fingerprint density at radius 1 is 1.14 bits per heavy atom. The highest BCUT2D eigenvalue weighted by Gasteiger charge is 2.22. The summed E-state index contributed by atoms with van der Waals surface area (Å²) in [4.78, 5) is 9.31. The topological polar surface area (TPSA) is 141 Å². The van der Waals surface area contributed by atoms with Crippen molar-refractivity contribution in [1.29, 1.82) is 5.53 Å². The number of methoxy groups -OCH3 is 1. The highest BCUT2D eigenvalue weighted by molar-refractivity contribution is 5.93. The number of rotatable bonds is 5. The zero-order valence-corrected chi connectivity index (χ0v) is 16.0. The van der Waals surface area contributed by atoms with Crippen molar-refractivity contribution < 1.29 is 4.74 Å². The number of fused-ring (bicyclic) bond motifs is 1. The highest BCUT2D eigenvalue weighted by Crippen LogP contribution is 2.40. The van der Waals surface area contributed by atoms with E-state index in [1.54, 1.807) is 19.2 Å². The van der Waals surface area contributed by atoms with Crippen molar-refractivity contribution in [3.63, 3.8) is 0 Å². The van der Waals surface area contributed by atoms with Crippen LogP contribution in [0.3, 0.4) is 0 Å². The van der Waals surface area contributed by atoms with E-state index in [2.05, 4.69) is 20.2 Å². The second-order valence-electron chi connectivity index (χ2n) is 6.40. The first kappa shape index (κ1) is 18.4. The molecule has 146 valence electrons. The van der Waals surface area contributed by atoms with Gasteiger partial charge in [0.05, 0.1) is 24.1 Å². The van der Waals surface area contributed by atoms with Crippen molar-refractivity contribution in [2.24, 2.45) is 5.11 Å². The van der Waals surface area contributed by atoms with E-state index in [4.69, 9.17) is 21.7 Å². The smallest absolute Gasteiger partial charge is 0.223 e. The minimum absolute atomic E-state index is 0.225. The van der Waals surface area contributed by atoms with Crippen molar-refractivity contribution in [3.8, 4) is 28.1 Å². The van der Waals surface area contributed by atoms with Crippen molar-refractivity contribution in [2.45, 2.75) is 13.3 Å². The molecule has 4 aromatic rings. The van der Waals surface area contributed by atoms with Gasteiger partial charge in [0.2, 0.25) is 5.95 Å². The lowest BCUT2D eigenvalue weighted by molar-refractivity contribution is 0.416. The predicted octanol–water partition coefficient (Wildman–Crippen LogP) is 3.86. The van der Waals surface area contributed by atoms with Gasteiger partial charge in [-0.2, -0.15) is 9.63 Å². The van der Waals surface area contributed by atoms with Crippen LogP contribution in [-0.2, 0) is 6.42 Å². The zero-order chi connectivity index (χ0) is 20.5. The van der Waals surface area contributed by atoms with Gasteiger partial charge in [-0.15, -0.1) is 5.10 Å². The van der Waals surface area contributed by atoms with Gasteiger partial charge < -0.3 is 16.2 Å². The summed E-state index contributed by atoms with van der Waals surface area (Å²) in [6, 6.07) is 12.8. The predicted molar refractivity (Wildman–Crippen MR) is 111 cm³/mol. The number of hydrogen-bond donors (Lipinski definition) is 3. The minimum Gasteiger partial charge on any atom is -0.496 e. The van der Waals surface area contributed by atoms with Gasteiger partial charge in [0.15, 0.2) is 11.5 Å². The van der Waals surface area contributed by atoms with Crippen LogP contribution in [0.5, 0.6) is 5.75 Å². The molecule has 0 atom stereocenters. The van der Waals surface area contributed by atoms with Gasteiger partial charge in [-0.25, -0.2) is 15.5 Å². The average molecular weight is 388 g/mol. The Morgan fingerprint density at radius 3 is 2.62 bits per heavy atom. The summed E-state index contributed by atoms with van der Waals surface area (Å²) in [7, 11) is 1.61. The van der Waals surface area contributed by atoms with Gasteiger partial charge >= 0.3 is 0 Å². The van der Waals surface area contributed by atoms with Crippen LogP contribution in [0, 0.1) is 5.53 Å². The maximum atomic E-state index is 7.25. The third kappa shape index (κ3) is 3.02. The fourth-order valence-corrected chi connectivity index (χ4v) is 3.26. The number of nitrogens with two attached hydrogens (primary N) is 2. The maximum Gasteiger partial charge on any atom is 0.223 e. The van der Waals surface area contributed by atoms with E-state index in [0.29, 0.717) is 40.7 Å². The molecule has 0 fully saturated rings. The normalized spacial score (nSPS) is 11.0. The molecule has 2 aromatic carbocycles. The quantitative estimate of drug-likeness (QED) is 0.350. The number of hydrogen-bond acceptors (Lipinski definition) is 8. The molecule has 0 spiro atoms. The monoisotopic (exact) mass is 388 g/mol. The number of aromatic nitrogens is 4. The Hall–Kier alpha value is -4.01. The van der Waals surface area contributed by atoms with Crippen LogP contribution in [0.2, 0.25) is 0 Å². The number of nitrogen functional groups attached to an aromatic ring is 2. The zero-order valence-electron chi connectivity index (χ0n) is 16.0.